The molecule has 1 fully saturated rings. The number of likely N-dealkylation sites (tertiary alicyclic amines) is 1. The van der Waals surface area contributed by atoms with Gasteiger partial charge in [0.05, 0.1) is 11.9 Å². The monoisotopic (exact) mass is 262 g/mol. The molecule has 5 nitrogen and oxygen atoms in total. The van der Waals surface area contributed by atoms with E-state index in [-0.39, 0.29) is 5.91 Å². The number of anilines is 1. The van der Waals surface area contributed by atoms with E-state index < -0.39 is 0 Å². The van der Waals surface area contributed by atoms with Gasteiger partial charge >= 0.3 is 0 Å². The van der Waals surface area contributed by atoms with Crippen LogP contribution in [-0.4, -0.2) is 61.0 Å². The second-order valence-electron chi connectivity index (χ2n) is 5.24. The van der Waals surface area contributed by atoms with Gasteiger partial charge in [-0.3, -0.25) is 4.79 Å². The fourth-order valence-corrected chi connectivity index (χ4v) is 2.53. The Balaban J connectivity index is 2.09. The molecule has 104 valence electrons. The van der Waals surface area contributed by atoms with E-state index >= 15 is 0 Å². The summed E-state index contributed by atoms with van der Waals surface area (Å²) < 4.78 is 0. The van der Waals surface area contributed by atoms with E-state index in [2.05, 4.69) is 15.2 Å². The molecule has 1 aliphatic rings. The summed E-state index contributed by atoms with van der Waals surface area (Å²) in [5.41, 5.74) is 1.45. The van der Waals surface area contributed by atoms with Gasteiger partial charge in [-0.05, 0) is 39.1 Å². The molecular weight excluding hydrogens is 240 g/mol. The van der Waals surface area contributed by atoms with Crippen molar-refractivity contribution in [2.24, 2.45) is 0 Å². The molecule has 2 heterocycles. The highest BCUT2D eigenvalue weighted by molar-refractivity contribution is 5.92. The average Bonchev–Trinajstić information content (AvgIpc) is 2.85. The lowest BCUT2D eigenvalue weighted by Gasteiger charge is -2.26. The first-order chi connectivity index (χ1) is 9.11. The summed E-state index contributed by atoms with van der Waals surface area (Å²) >= 11 is 0. The van der Waals surface area contributed by atoms with Crippen LogP contribution < -0.4 is 5.32 Å². The Bertz CT molecular complexity index is 430. The molecule has 1 N–H and O–H groups in total. The molecule has 0 aliphatic carbocycles. The van der Waals surface area contributed by atoms with Crippen LogP contribution in [0.25, 0.3) is 0 Å². The minimum Gasteiger partial charge on any atom is -0.387 e. The number of nitrogens with one attached hydrogen (secondary N) is 1. The second-order valence-corrected chi connectivity index (χ2v) is 5.24. The third kappa shape index (κ3) is 3.23. The smallest absolute Gasteiger partial charge is 0.272 e. The predicted octanol–water partition coefficient (Wildman–Crippen LogP) is 1.29. The highest BCUT2D eigenvalue weighted by atomic mass is 16.2. The molecule has 1 saturated heterocycles. The highest BCUT2D eigenvalue weighted by Crippen LogP contribution is 2.20. The standard InChI is InChI=1S/C14H22N4O/c1-15-11-6-7-13(16-9-11)14(19)18-8-4-5-12(18)10-17(2)3/h6-7,9,12,15H,4-5,8,10H2,1-3H3. The molecule has 0 radical (unpaired) electrons. The molecule has 5 heteroatoms. The SMILES string of the molecule is CNc1ccc(C(=O)N2CCCC2CN(C)C)nc1. The Hall–Kier alpha value is -1.62. The van der Waals surface area contributed by atoms with E-state index in [1.807, 2.05) is 32.1 Å². The zero-order valence-electron chi connectivity index (χ0n) is 11.9. The number of carbonyl (C=O) groups is 1. The van der Waals surface area contributed by atoms with Crippen molar-refractivity contribution in [3.63, 3.8) is 0 Å². The summed E-state index contributed by atoms with van der Waals surface area (Å²) in [5.74, 6) is 0.0482. The van der Waals surface area contributed by atoms with Crippen LogP contribution in [0, 0.1) is 0 Å². The van der Waals surface area contributed by atoms with Gasteiger partial charge in [-0.25, -0.2) is 4.98 Å². The summed E-state index contributed by atoms with van der Waals surface area (Å²) in [7, 11) is 5.92. The van der Waals surface area contributed by atoms with Gasteiger partial charge in [-0.1, -0.05) is 0 Å². The molecule has 1 aromatic rings. The number of nitrogens with zero attached hydrogens (tertiary/aromatic N) is 3. The zero-order chi connectivity index (χ0) is 13.8. The topological polar surface area (TPSA) is 48.5 Å². The molecule has 1 unspecified atom stereocenters. The zero-order valence-corrected chi connectivity index (χ0v) is 11.9. The van der Waals surface area contributed by atoms with E-state index in [0.29, 0.717) is 11.7 Å². The predicted molar refractivity (Wildman–Crippen MR) is 76.4 cm³/mol. The Morgan fingerprint density at radius 1 is 1.53 bits per heavy atom. The third-order valence-corrected chi connectivity index (χ3v) is 3.49. The lowest BCUT2D eigenvalue weighted by atomic mass is 10.2. The van der Waals surface area contributed by atoms with E-state index in [4.69, 9.17) is 0 Å². The lowest BCUT2D eigenvalue weighted by Crippen LogP contribution is -2.41. The van der Waals surface area contributed by atoms with Gasteiger partial charge < -0.3 is 15.1 Å². The second kappa shape index (κ2) is 6.02. The van der Waals surface area contributed by atoms with Crippen molar-refractivity contribution >= 4 is 11.6 Å². The van der Waals surface area contributed by atoms with Gasteiger partial charge in [0.15, 0.2) is 0 Å². The fourth-order valence-electron chi connectivity index (χ4n) is 2.53. The van der Waals surface area contributed by atoms with Crippen LogP contribution in [0.1, 0.15) is 23.3 Å². The Labute approximate surface area is 114 Å². The summed E-state index contributed by atoms with van der Waals surface area (Å²) in [6, 6.07) is 3.99. The van der Waals surface area contributed by atoms with Crippen molar-refractivity contribution in [2.45, 2.75) is 18.9 Å². The van der Waals surface area contributed by atoms with Crippen molar-refractivity contribution in [1.29, 1.82) is 0 Å². The van der Waals surface area contributed by atoms with Crippen LogP contribution in [0.5, 0.6) is 0 Å². The first kappa shape index (κ1) is 13.8. The molecule has 1 aliphatic heterocycles. The van der Waals surface area contributed by atoms with Crippen molar-refractivity contribution in [2.75, 3.05) is 39.5 Å². The third-order valence-electron chi connectivity index (χ3n) is 3.49. The minimum atomic E-state index is 0.0482. The van der Waals surface area contributed by atoms with E-state index in [0.717, 1.165) is 31.6 Å². The molecule has 1 atom stereocenters. The Kier molecular flexibility index (Phi) is 4.37. The molecule has 2 rings (SSSR count). The van der Waals surface area contributed by atoms with Crippen molar-refractivity contribution in [3.05, 3.63) is 24.0 Å². The van der Waals surface area contributed by atoms with Crippen LogP contribution in [0.15, 0.2) is 18.3 Å². The Morgan fingerprint density at radius 2 is 2.32 bits per heavy atom. The van der Waals surface area contributed by atoms with Crippen LogP contribution in [0.3, 0.4) is 0 Å². The maximum Gasteiger partial charge on any atom is 0.272 e. The van der Waals surface area contributed by atoms with Gasteiger partial charge in [0.2, 0.25) is 0 Å². The number of hydrogen-bond donors (Lipinski definition) is 1. The summed E-state index contributed by atoms with van der Waals surface area (Å²) in [4.78, 5) is 20.8. The van der Waals surface area contributed by atoms with E-state index in [1.165, 1.54) is 0 Å². The molecule has 0 bridgehead atoms. The normalized spacial score (nSPS) is 18.9. The number of carbonyl (C=O) groups excluding carboxylic acids is 1. The van der Waals surface area contributed by atoms with Crippen LogP contribution in [0.2, 0.25) is 0 Å². The van der Waals surface area contributed by atoms with Crippen molar-refractivity contribution in [3.8, 4) is 0 Å². The number of hydrogen-bond acceptors (Lipinski definition) is 4. The molecule has 19 heavy (non-hydrogen) atoms. The quantitative estimate of drug-likeness (QED) is 0.888. The lowest BCUT2D eigenvalue weighted by molar-refractivity contribution is 0.0710. The van der Waals surface area contributed by atoms with Crippen molar-refractivity contribution in [1.82, 2.24) is 14.8 Å². The largest absolute Gasteiger partial charge is 0.387 e. The number of likely N-dealkylation sites (N-methyl/N-ethyl adjacent to an activating group) is 1. The number of rotatable bonds is 4. The number of aromatic nitrogens is 1. The van der Waals surface area contributed by atoms with E-state index in [9.17, 15) is 4.79 Å². The highest BCUT2D eigenvalue weighted by Gasteiger charge is 2.30. The van der Waals surface area contributed by atoms with Gasteiger partial charge in [0.25, 0.3) is 5.91 Å². The van der Waals surface area contributed by atoms with Crippen molar-refractivity contribution < 1.29 is 4.79 Å². The molecular formula is C14H22N4O. The van der Waals surface area contributed by atoms with Gasteiger partial charge in [-0.15, -0.1) is 0 Å². The molecule has 0 saturated carbocycles. The van der Waals surface area contributed by atoms with Crippen LogP contribution in [0.4, 0.5) is 5.69 Å². The summed E-state index contributed by atoms with van der Waals surface area (Å²) in [5, 5.41) is 3.00. The number of pyridine rings is 1. The first-order valence-electron chi connectivity index (χ1n) is 6.71. The molecule has 1 amide bonds. The summed E-state index contributed by atoms with van der Waals surface area (Å²) in [6.07, 6.45) is 3.86. The summed E-state index contributed by atoms with van der Waals surface area (Å²) in [6.45, 7) is 1.76. The molecule has 1 aromatic heterocycles. The molecule has 0 spiro atoms. The maximum atomic E-state index is 12.5. The van der Waals surface area contributed by atoms with E-state index in [1.54, 1.807) is 12.3 Å². The van der Waals surface area contributed by atoms with Gasteiger partial charge in [0.1, 0.15) is 5.69 Å². The van der Waals surface area contributed by atoms with Gasteiger partial charge in [0, 0.05) is 26.2 Å². The average molecular weight is 262 g/mol. The van der Waals surface area contributed by atoms with Crippen LogP contribution >= 0.6 is 0 Å². The fraction of sp³-hybridized carbons (Fsp3) is 0.571. The molecule has 0 aromatic carbocycles. The first-order valence-corrected chi connectivity index (χ1v) is 6.71. The van der Waals surface area contributed by atoms with Crippen LogP contribution in [-0.2, 0) is 0 Å². The minimum absolute atomic E-state index is 0.0482. The Morgan fingerprint density at radius 3 is 2.89 bits per heavy atom. The maximum absolute atomic E-state index is 12.5. The number of amides is 1. The van der Waals surface area contributed by atoms with Gasteiger partial charge in [-0.2, -0.15) is 0 Å².